The third-order valence-corrected chi connectivity index (χ3v) is 6.02. The van der Waals surface area contributed by atoms with Crippen molar-refractivity contribution in [3.8, 4) is 0 Å². The van der Waals surface area contributed by atoms with Crippen molar-refractivity contribution in [3.63, 3.8) is 0 Å². The molecule has 2 heterocycles. The molecule has 4 fully saturated rings. The molecule has 2 aliphatic heterocycles. The highest BCUT2D eigenvalue weighted by Crippen LogP contribution is 2.51. The Labute approximate surface area is 152 Å². The lowest BCUT2D eigenvalue weighted by Crippen LogP contribution is -2.49. The lowest BCUT2D eigenvalue weighted by atomic mass is 9.65. The van der Waals surface area contributed by atoms with Crippen LogP contribution >= 0.6 is 11.6 Å². The average Bonchev–Trinajstić information content (AvgIpc) is 2.72. The van der Waals surface area contributed by atoms with Crippen molar-refractivity contribution in [2.45, 2.75) is 82.0 Å². The van der Waals surface area contributed by atoms with Crippen LogP contribution in [0.3, 0.4) is 0 Å². The molecule has 6 atom stereocenters. The second-order valence-electron chi connectivity index (χ2n) is 7.52. The van der Waals surface area contributed by atoms with E-state index < -0.39 is 29.0 Å². The van der Waals surface area contributed by atoms with Crippen molar-refractivity contribution in [1.82, 2.24) is 0 Å². The molecule has 0 radical (unpaired) electrons. The molecule has 140 valence electrons. The smallest absolute Gasteiger partial charge is 0.347 e. The zero-order chi connectivity index (χ0) is 18.2. The number of hydrogen-bond acceptors (Lipinski definition) is 6. The molecule has 0 aromatic heterocycles. The van der Waals surface area contributed by atoms with Gasteiger partial charge in [0, 0.05) is 12.8 Å². The third kappa shape index (κ3) is 3.78. The molecular weight excluding hydrogens is 348 g/mol. The number of ether oxygens (including phenoxy) is 3. The molecule has 0 N–H and O–H groups in total. The van der Waals surface area contributed by atoms with Crippen molar-refractivity contribution in [3.05, 3.63) is 0 Å². The van der Waals surface area contributed by atoms with E-state index in [0.29, 0.717) is 31.6 Å². The van der Waals surface area contributed by atoms with Gasteiger partial charge in [0.15, 0.2) is 6.10 Å². The van der Waals surface area contributed by atoms with Crippen molar-refractivity contribution in [1.29, 1.82) is 0 Å². The number of esters is 3. The van der Waals surface area contributed by atoms with Gasteiger partial charge in [-0.1, -0.05) is 13.8 Å². The molecule has 0 aromatic carbocycles. The monoisotopic (exact) mass is 372 g/mol. The lowest BCUT2D eigenvalue weighted by Gasteiger charge is -2.45. The average molecular weight is 373 g/mol. The van der Waals surface area contributed by atoms with Gasteiger partial charge in [-0.05, 0) is 38.0 Å². The van der Waals surface area contributed by atoms with Gasteiger partial charge in [-0.15, -0.1) is 11.6 Å². The summed E-state index contributed by atoms with van der Waals surface area (Å²) in [5.74, 6) is -1.18. The topological polar surface area (TPSA) is 78.9 Å². The quantitative estimate of drug-likeness (QED) is 0.405. The Kier molecular flexibility index (Phi) is 5.28. The number of alkyl halides is 1. The van der Waals surface area contributed by atoms with Gasteiger partial charge in [0.05, 0.1) is 5.92 Å². The van der Waals surface area contributed by atoms with E-state index >= 15 is 0 Å². The zero-order valence-electron chi connectivity index (χ0n) is 14.7. The van der Waals surface area contributed by atoms with Crippen LogP contribution in [-0.4, -0.2) is 41.1 Å². The van der Waals surface area contributed by atoms with Gasteiger partial charge in [0.25, 0.3) is 0 Å². The third-order valence-electron chi connectivity index (χ3n) is 5.53. The van der Waals surface area contributed by atoms with Gasteiger partial charge in [-0.3, -0.25) is 9.59 Å². The van der Waals surface area contributed by atoms with Crippen LogP contribution in [0.1, 0.15) is 58.8 Å². The summed E-state index contributed by atoms with van der Waals surface area (Å²) in [5.41, 5.74) is -0.676. The van der Waals surface area contributed by atoms with Gasteiger partial charge in [0.1, 0.15) is 17.1 Å². The normalized spacial score (nSPS) is 35.5. The Morgan fingerprint density at radius 2 is 1.96 bits per heavy atom. The van der Waals surface area contributed by atoms with Crippen LogP contribution in [0, 0.1) is 11.8 Å². The summed E-state index contributed by atoms with van der Waals surface area (Å²) in [6.07, 6.45) is 3.05. The number of halogens is 1. The summed E-state index contributed by atoms with van der Waals surface area (Å²) in [7, 11) is 0. The minimum atomic E-state index is -0.966. The van der Waals surface area contributed by atoms with E-state index in [2.05, 4.69) is 0 Å². The highest BCUT2D eigenvalue weighted by atomic mass is 35.5. The van der Waals surface area contributed by atoms with Gasteiger partial charge >= 0.3 is 17.9 Å². The maximum absolute atomic E-state index is 12.6. The fourth-order valence-electron chi connectivity index (χ4n) is 4.46. The molecule has 0 spiro atoms. The predicted octanol–water partition coefficient (Wildman–Crippen LogP) is 2.74. The van der Waals surface area contributed by atoms with Gasteiger partial charge in [0.2, 0.25) is 0 Å². The second-order valence-corrected chi connectivity index (χ2v) is 8.05. The summed E-state index contributed by atoms with van der Waals surface area (Å²) in [6.45, 7) is 3.53. The van der Waals surface area contributed by atoms with Crippen LogP contribution in [0.4, 0.5) is 0 Å². The Hall–Kier alpha value is -1.30. The van der Waals surface area contributed by atoms with E-state index in [1.807, 2.05) is 0 Å². The second kappa shape index (κ2) is 7.14. The van der Waals surface area contributed by atoms with Crippen molar-refractivity contribution in [2.75, 3.05) is 0 Å². The molecule has 2 saturated carbocycles. The number of rotatable bonds is 6. The molecule has 25 heavy (non-hydrogen) atoms. The first-order valence-electron chi connectivity index (χ1n) is 9.13. The van der Waals surface area contributed by atoms with E-state index in [0.717, 1.165) is 19.3 Å². The summed E-state index contributed by atoms with van der Waals surface area (Å²) >= 11 is 5.88. The molecule has 2 aliphatic carbocycles. The van der Waals surface area contributed by atoms with Gasteiger partial charge in [-0.25, -0.2) is 4.79 Å². The first kappa shape index (κ1) is 18.5. The van der Waals surface area contributed by atoms with Crippen molar-refractivity contribution >= 4 is 29.5 Å². The number of fused-ring (bicyclic) bond motifs is 1. The molecular formula is C18H25ClO6. The fraction of sp³-hybridized carbons (Fsp3) is 0.833. The molecule has 6 unspecified atom stereocenters. The maximum atomic E-state index is 12.6. The molecule has 4 aliphatic rings. The van der Waals surface area contributed by atoms with Crippen LogP contribution in [-0.2, 0) is 28.6 Å². The Balaban J connectivity index is 1.69. The summed E-state index contributed by atoms with van der Waals surface area (Å²) in [6, 6.07) is 0. The van der Waals surface area contributed by atoms with Crippen LogP contribution in [0.2, 0.25) is 0 Å². The molecule has 2 saturated heterocycles. The summed E-state index contributed by atoms with van der Waals surface area (Å²) in [4.78, 5) is 36.6. The van der Waals surface area contributed by atoms with E-state index in [1.54, 1.807) is 13.8 Å². The van der Waals surface area contributed by atoms with E-state index in [9.17, 15) is 14.4 Å². The van der Waals surface area contributed by atoms with Crippen molar-refractivity contribution < 1.29 is 28.6 Å². The predicted molar refractivity (Wildman–Crippen MR) is 88.9 cm³/mol. The fourth-order valence-corrected chi connectivity index (χ4v) is 4.51. The minimum Gasteiger partial charge on any atom is -0.462 e. The minimum absolute atomic E-state index is 0.170. The molecule has 4 rings (SSSR count). The Morgan fingerprint density at radius 3 is 2.64 bits per heavy atom. The summed E-state index contributed by atoms with van der Waals surface area (Å²) < 4.78 is 16.6. The number of hydrogen-bond donors (Lipinski definition) is 0. The Bertz CT molecular complexity index is 564. The SMILES string of the molecule is CCC(Cl)C(=O)OC(CC)C(=O)OC12CC3CC(C1)OC(=O)C(C3)C2. The van der Waals surface area contributed by atoms with Crippen molar-refractivity contribution in [2.24, 2.45) is 11.8 Å². The molecule has 7 heteroatoms. The van der Waals surface area contributed by atoms with Gasteiger partial charge < -0.3 is 14.2 Å². The van der Waals surface area contributed by atoms with Crippen LogP contribution in [0.25, 0.3) is 0 Å². The van der Waals surface area contributed by atoms with Crippen LogP contribution in [0.5, 0.6) is 0 Å². The lowest BCUT2D eigenvalue weighted by molar-refractivity contribution is -0.189. The number of carbonyl (C=O) groups excluding carboxylic acids is 3. The molecule has 0 aromatic rings. The van der Waals surface area contributed by atoms with Crippen LogP contribution < -0.4 is 0 Å². The highest BCUT2D eigenvalue weighted by Gasteiger charge is 2.55. The summed E-state index contributed by atoms with van der Waals surface area (Å²) in [5, 5.41) is -0.768. The standard InChI is InChI=1S/C18H25ClO6/c1-3-13(19)16(21)24-14(4-2)17(22)25-18-7-10-5-11(8-18)15(20)23-12(6-10)9-18/h10-14H,3-9H2,1-2H3. The molecule has 6 nitrogen and oxygen atoms in total. The molecule has 4 bridgehead atoms. The van der Waals surface area contributed by atoms with Gasteiger partial charge in [-0.2, -0.15) is 0 Å². The van der Waals surface area contributed by atoms with E-state index in [1.165, 1.54) is 0 Å². The van der Waals surface area contributed by atoms with E-state index in [-0.39, 0.29) is 18.0 Å². The zero-order valence-corrected chi connectivity index (χ0v) is 15.4. The number of carbonyl (C=O) groups is 3. The van der Waals surface area contributed by atoms with E-state index in [4.69, 9.17) is 25.8 Å². The first-order valence-corrected chi connectivity index (χ1v) is 9.57. The Morgan fingerprint density at radius 1 is 1.20 bits per heavy atom. The van der Waals surface area contributed by atoms with Crippen LogP contribution in [0.15, 0.2) is 0 Å². The first-order chi connectivity index (χ1) is 11.9. The largest absolute Gasteiger partial charge is 0.462 e. The maximum Gasteiger partial charge on any atom is 0.347 e. The molecule has 0 amide bonds. The highest BCUT2D eigenvalue weighted by molar-refractivity contribution is 6.29.